The molecular formula is C22H18ClN5O2S. The number of carbonyl (C=O) groups excluding carboxylic acids is 2. The number of nitrogens with one attached hydrogen (secondary N) is 2. The number of rotatable bonds is 6. The maximum Gasteiger partial charge on any atom is 0.257 e. The number of pyridine rings is 1. The summed E-state index contributed by atoms with van der Waals surface area (Å²) in [4.78, 5) is 24.9. The van der Waals surface area contributed by atoms with Gasteiger partial charge in [-0.1, -0.05) is 47.6 Å². The maximum atomic E-state index is 12.7. The van der Waals surface area contributed by atoms with Crippen molar-refractivity contribution in [3.05, 3.63) is 83.0 Å². The van der Waals surface area contributed by atoms with Crippen LogP contribution in [0.15, 0.2) is 72.0 Å². The normalized spacial score (nSPS) is 10.8. The first-order chi connectivity index (χ1) is 15.0. The van der Waals surface area contributed by atoms with E-state index in [2.05, 4.69) is 20.8 Å². The molecule has 9 heteroatoms. The highest BCUT2D eigenvalue weighted by atomic mass is 35.5. The lowest BCUT2D eigenvalue weighted by molar-refractivity contribution is -0.113. The Balaban J connectivity index is 1.46. The third-order valence-corrected chi connectivity index (χ3v) is 5.66. The fourth-order valence-electron chi connectivity index (χ4n) is 2.91. The molecule has 4 aromatic rings. The third kappa shape index (κ3) is 5.04. The van der Waals surface area contributed by atoms with Gasteiger partial charge in [0.25, 0.3) is 5.91 Å². The molecule has 2 aromatic heterocycles. The van der Waals surface area contributed by atoms with Crippen LogP contribution in [0.25, 0.3) is 5.65 Å². The molecule has 0 bridgehead atoms. The number of hydrogen-bond acceptors (Lipinski definition) is 5. The minimum atomic E-state index is -0.242. The molecule has 7 nitrogen and oxygen atoms in total. The lowest BCUT2D eigenvalue weighted by atomic mass is 10.2. The van der Waals surface area contributed by atoms with E-state index < -0.39 is 0 Å². The number of nitrogens with zero attached hydrogens (tertiary/aromatic N) is 3. The van der Waals surface area contributed by atoms with Gasteiger partial charge in [-0.15, -0.1) is 10.2 Å². The van der Waals surface area contributed by atoms with Gasteiger partial charge in [-0.3, -0.25) is 14.0 Å². The zero-order valence-electron chi connectivity index (χ0n) is 16.5. The monoisotopic (exact) mass is 451 g/mol. The van der Waals surface area contributed by atoms with Gasteiger partial charge < -0.3 is 10.6 Å². The number of aromatic nitrogens is 3. The number of para-hydroxylation sites is 1. The maximum absolute atomic E-state index is 12.7. The van der Waals surface area contributed by atoms with Crippen LogP contribution in [0.4, 0.5) is 11.4 Å². The molecule has 2 amide bonds. The van der Waals surface area contributed by atoms with E-state index in [1.165, 1.54) is 11.8 Å². The molecule has 0 fully saturated rings. The van der Waals surface area contributed by atoms with Gasteiger partial charge in [0.15, 0.2) is 10.8 Å². The smallest absolute Gasteiger partial charge is 0.257 e. The Morgan fingerprint density at radius 1 is 1.03 bits per heavy atom. The average molecular weight is 452 g/mol. The van der Waals surface area contributed by atoms with Gasteiger partial charge in [0, 0.05) is 11.9 Å². The molecule has 2 N–H and O–H groups in total. The second-order valence-corrected chi connectivity index (χ2v) is 8.12. The zero-order valence-corrected chi connectivity index (χ0v) is 18.1. The van der Waals surface area contributed by atoms with Crippen molar-refractivity contribution in [1.29, 1.82) is 0 Å². The van der Waals surface area contributed by atoms with Crippen molar-refractivity contribution in [1.82, 2.24) is 14.6 Å². The summed E-state index contributed by atoms with van der Waals surface area (Å²) in [5, 5.41) is 14.9. The summed E-state index contributed by atoms with van der Waals surface area (Å²) in [5.74, 6) is -0.344. The van der Waals surface area contributed by atoms with E-state index in [4.69, 9.17) is 11.6 Å². The average Bonchev–Trinajstić information content (AvgIpc) is 3.16. The number of amides is 2. The molecule has 4 rings (SSSR count). The summed E-state index contributed by atoms with van der Waals surface area (Å²) in [6, 6.07) is 18.0. The topological polar surface area (TPSA) is 88.4 Å². The van der Waals surface area contributed by atoms with Crippen molar-refractivity contribution in [2.75, 3.05) is 16.4 Å². The van der Waals surface area contributed by atoms with Gasteiger partial charge in [0.1, 0.15) is 0 Å². The zero-order chi connectivity index (χ0) is 21.8. The van der Waals surface area contributed by atoms with Crippen LogP contribution in [0.3, 0.4) is 0 Å². The Bertz CT molecular complexity index is 1270. The molecule has 2 heterocycles. The second kappa shape index (κ2) is 9.20. The first-order valence-corrected chi connectivity index (χ1v) is 10.8. The van der Waals surface area contributed by atoms with E-state index in [-0.39, 0.29) is 17.6 Å². The minimum Gasteiger partial charge on any atom is -0.324 e. The first kappa shape index (κ1) is 20.9. The van der Waals surface area contributed by atoms with Crippen LogP contribution in [0.1, 0.15) is 15.9 Å². The first-order valence-electron chi connectivity index (χ1n) is 9.39. The summed E-state index contributed by atoms with van der Waals surface area (Å²) < 4.78 is 1.69. The fraction of sp³-hybridized carbons (Fsp3) is 0.0909. The van der Waals surface area contributed by atoms with Crippen LogP contribution in [0, 0.1) is 6.92 Å². The molecule has 156 valence electrons. The van der Waals surface area contributed by atoms with Gasteiger partial charge in [0.2, 0.25) is 5.91 Å². The van der Waals surface area contributed by atoms with Gasteiger partial charge in [0.05, 0.1) is 22.0 Å². The lowest BCUT2D eigenvalue weighted by Crippen LogP contribution is -2.15. The Labute approximate surface area is 187 Å². The molecule has 0 aliphatic rings. The van der Waals surface area contributed by atoms with Crippen LogP contribution in [0.5, 0.6) is 0 Å². The Morgan fingerprint density at radius 3 is 2.68 bits per heavy atom. The number of hydrogen-bond donors (Lipinski definition) is 2. The summed E-state index contributed by atoms with van der Waals surface area (Å²) >= 11 is 7.29. The number of halogens is 1. The number of aryl methyl sites for hydroxylation is 1. The number of carbonyl (C=O) groups is 2. The molecule has 0 atom stereocenters. The summed E-state index contributed by atoms with van der Waals surface area (Å²) in [5.41, 5.74) is 3.37. The molecule has 0 aliphatic heterocycles. The third-order valence-electron chi connectivity index (χ3n) is 4.39. The molecule has 0 radical (unpaired) electrons. The molecule has 0 spiro atoms. The molecule has 0 aliphatic carbocycles. The van der Waals surface area contributed by atoms with Crippen molar-refractivity contribution in [3.63, 3.8) is 0 Å². The van der Waals surface area contributed by atoms with Gasteiger partial charge in [-0.25, -0.2) is 0 Å². The molecule has 2 aromatic carbocycles. The van der Waals surface area contributed by atoms with Crippen LogP contribution < -0.4 is 10.6 Å². The summed E-state index contributed by atoms with van der Waals surface area (Å²) in [6.45, 7) is 1.96. The number of benzene rings is 2. The van der Waals surface area contributed by atoms with Crippen LogP contribution >= 0.6 is 23.4 Å². The fourth-order valence-corrected chi connectivity index (χ4v) is 3.81. The minimum absolute atomic E-state index is 0.117. The molecular weight excluding hydrogens is 434 g/mol. The predicted molar refractivity (Wildman–Crippen MR) is 123 cm³/mol. The highest BCUT2D eigenvalue weighted by molar-refractivity contribution is 7.99. The standard InChI is InChI=1S/C22H18ClN5O2S/c1-14-5-4-6-16(11-14)24-21(30)15-9-10-19-26-27-22(28(19)12-15)31-13-20(29)25-18-8-3-2-7-17(18)23/h2-12H,13H2,1H3,(H,24,30)(H,25,29). The Kier molecular flexibility index (Phi) is 6.20. The SMILES string of the molecule is Cc1cccc(NC(=O)c2ccc3nnc(SCC(=O)Nc4ccccc4Cl)n3c2)c1. The molecule has 0 unspecified atom stereocenters. The van der Waals surface area contributed by atoms with E-state index in [9.17, 15) is 9.59 Å². The van der Waals surface area contributed by atoms with Crippen LogP contribution in [-0.2, 0) is 4.79 Å². The second-order valence-electron chi connectivity index (χ2n) is 6.77. The molecule has 31 heavy (non-hydrogen) atoms. The number of thioether (sulfide) groups is 1. The van der Waals surface area contributed by atoms with E-state index in [1.807, 2.05) is 31.2 Å². The highest BCUT2D eigenvalue weighted by Crippen LogP contribution is 2.22. The van der Waals surface area contributed by atoms with Crippen LogP contribution in [-0.4, -0.2) is 32.2 Å². The highest BCUT2D eigenvalue weighted by Gasteiger charge is 2.13. The summed E-state index contributed by atoms with van der Waals surface area (Å²) in [6.07, 6.45) is 1.66. The van der Waals surface area contributed by atoms with E-state index in [0.29, 0.717) is 27.1 Å². The largest absolute Gasteiger partial charge is 0.324 e. The predicted octanol–water partition coefficient (Wildman–Crippen LogP) is 4.67. The number of fused-ring (bicyclic) bond motifs is 1. The van der Waals surface area contributed by atoms with Crippen molar-refractivity contribution in [3.8, 4) is 0 Å². The van der Waals surface area contributed by atoms with Crippen molar-refractivity contribution >= 4 is 52.2 Å². The van der Waals surface area contributed by atoms with Gasteiger partial charge in [-0.2, -0.15) is 0 Å². The summed E-state index contributed by atoms with van der Waals surface area (Å²) in [7, 11) is 0. The quantitative estimate of drug-likeness (QED) is 0.416. The van der Waals surface area contributed by atoms with E-state index in [1.54, 1.807) is 47.0 Å². The number of anilines is 2. The molecule has 0 saturated heterocycles. The van der Waals surface area contributed by atoms with E-state index in [0.717, 1.165) is 11.3 Å². The van der Waals surface area contributed by atoms with Crippen molar-refractivity contribution in [2.45, 2.75) is 12.1 Å². The Morgan fingerprint density at radius 2 is 1.87 bits per heavy atom. The van der Waals surface area contributed by atoms with Crippen molar-refractivity contribution < 1.29 is 9.59 Å². The van der Waals surface area contributed by atoms with Gasteiger partial charge >= 0.3 is 0 Å². The van der Waals surface area contributed by atoms with Crippen LogP contribution in [0.2, 0.25) is 5.02 Å². The van der Waals surface area contributed by atoms with E-state index >= 15 is 0 Å². The Hall–Kier alpha value is -3.36. The molecule has 0 saturated carbocycles. The lowest BCUT2D eigenvalue weighted by Gasteiger charge is -2.08. The van der Waals surface area contributed by atoms with Gasteiger partial charge in [-0.05, 0) is 48.9 Å². The van der Waals surface area contributed by atoms with Crippen molar-refractivity contribution in [2.24, 2.45) is 0 Å².